The molecule has 28 heavy (non-hydrogen) atoms. The Bertz CT molecular complexity index is 1030. The molecule has 1 aliphatic carbocycles. The number of piperidine rings is 1. The van der Waals surface area contributed by atoms with Gasteiger partial charge in [-0.15, -0.1) is 4.91 Å². The van der Waals surface area contributed by atoms with Crippen LogP contribution in [0.1, 0.15) is 44.1 Å². The van der Waals surface area contributed by atoms with Gasteiger partial charge in [0.2, 0.25) is 5.65 Å². The molecule has 1 spiro atoms. The minimum Gasteiger partial charge on any atom is -0.355 e. The molecule has 1 saturated heterocycles. The summed E-state index contributed by atoms with van der Waals surface area (Å²) in [5.74, 6) is 1.07. The van der Waals surface area contributed by atoms with E-state index >= 15 is 0 Å². The highest BCUT2D eigenvalue weighted by Gasteiger charge is 2.37. The molecule has 144 valence electrons. The lowest BCUT2D eigenvalue weighted by Gasteiger charge is -2.39. The van der Waals surface area contributed by atoms with Gasteiger partial charge in [0, 0.05) is 30.4 Å². The number of fused-ring (bicyclic) bond motifs is 1. The van der Waals surface area contributed by atoms with Gasteiger partial charge in [-0.2, -0.15) is 5.10 Å². The number of nitrogens with one attached hydrogen (secondary N) is 1. The van der Waals surface area contributed by atoms with Crippen LogP contribution in [0.2, 0.25) is 0 Å². The minimum absolute atomic E-state index is 0.180. The number of hydrogen-bond donors (Lipinski definition) is 1. The van der Waals surface area contributed by atoms with Crippen molar-refractivity contribution in [2.75, 3.05) is 18.0 Å². The number of aromatic nitrogens is 5. The highest BCUT2D eigenvalue weighted by Crippen LogP contribution is 2.46. The summed E-state index contributed by atoms with van der Waals surface area (Å²) < 4.78 is 0. The van der Waals surface area contributed by atoms with Crippen LogP contribution in [0, 0.1) is 17.2 Å². The molecule has 8 heteroatoms. The number of rotatable bonds is 3. The van der Waals surface area contributed by atoms with Gasteiger partial charge in [-0.3, -0.25) is 5.10 Å². The average molecular weight is 377 g/mol. The topological polar surface area (TPSA) is 100 Å². The van der Waals surface area contributed by atoms with Crippen molar-refractivity contribution in [3.63, 3.8) is 0 Å². The first-order valence-electron chi connectivity index (χ1n) is 9.95. The molecule has 3 aromatic heterocycles. The van der Waals surface area contributed by atoms with Crippen LogP contribution >= 0.6 is 0 Å². The Hall–Kier alpha value is -2.90. The lowest BCUT2D eigenvalue weighted by molar-refractivity contribution is 0.226. The number of anilines is 1. The van der Waals surface area contributed by atoms with Crippen molar-refractivity contribution in [1.82, 2.24) is 25.1 Å². The van der Waals surface area contributed by atoms with Crippen molar-refractivity contribution in [3.8, 4) is 11.3 Å². The molecule has 0 bridgehead atoms. The highest BCUT2D eigenvalue weighted by molar-refractivity contribution is 5.89. The number of nitroso groups, excluding NO2 is 1. The Labute approximate surface area is 162 Å². The van der Waals surface area contributed by atoms with Crippen LogP contribution in [0.15, 0.2) is 23.6 Å². The zero-order valence-corrected chi connectivity index (χ0v) is 16.0. The van der Waals surface area contributed by atoms with E-state index < -0.39 is 0 Å². The third-order valence-electron chi connectivity index (χ3n) is 6.60. The van der Waals surface area contributed by atoms with E-state index in [-0.39, 0.29) is 5.82 Å². The third-order valence-corrected chi connectivity index (χ3v) is 6.60. The second-order valence-corrected chi connectivity index (χ2v) is 8.09. The van der Waals surface area contributed by atoms with E-state index in [2.05, 4.69) is 30.2 Å². The van der Waals surface area contributed by atoms with E-state index in [0.717, 1.165) is 30.2 Å². The second-order valence-electron chi connectivity index (χ2n) is 8.09. The van der Waals surface area contributed by atoms with Crippen molar-refractivity contribution in [2.24, 2.45) is 10.6 Å². The molecule has 0 aromatic carbocycles. The van der Waals surface area contributed by atoms with Crippen LogP contribution in [-0.2, 0) is 0 Å². The van der Waals surface area contributed by atoms with Crippen molar-refractivity contribution in [1.29, 1.82) is 0 Å². The van der Waals surface area contributed by atoms with E-state index in [1.54, 1.807) is 6.20 Å². The van der Waals surface area contributed by atoms with Crippen LogP contribution in [0.4, 0.5) is 11.6 Å². The van der Waals surface area contributed by atoms with Gasteiger partial charge in [0.1, 0.15) is 11.3 Å². The number of nitrogens with zero attached hydrogens (tertiary/aromatic N) is 6. The fraction of sp³-hybridized carbons (Fsp3) is 0.500. The van der Waals surface area contributed by atoms with Crippen LogP contribution in [-0.4, -0.2) is 38.2 Å². The lowest BCUT2D eigenvalue weighted by Crippen LogP contribution is -2.39. The van der Waals surface area contributed by atoms with Crippen molar-refractivity contribution in [2.45, 2.75) is 45.4 Å². The van der Waals surface area contributed by atoms with E-state index in [4.69, 9.17) is 4.98 Å². The maximum absolute atomic E-state index is 11.0. The lowest BCUT2D eigenvalue weighted by atomic mass is 9.77. The first-order valence-corrected chi connectivity index (χ1v) is 9.95. The molecular weight excluding hydrogens is 354 g/mol. The molecule has 1 aliphatic heterocycles. The van der Waals surface area contributed by atoms with Crippen molar-refractivity contribution in [3.05, 3.63) is 28.9 Å². The predicted octanol–water partition coefficient (Wildman–Crippen LogP) is 4.28. The summed E-state index contributed by atoms with van der Waals surface area (Å²) in [5, 5.41) is 10.4. The summed E-state index contributed by atoms with van der Waals surface area (Å²) in [7, 11) is 0. The zero-order chi connectivity index (χ0) is 19.1. The molecular formula is C20H23N7O. The number of H-pyrrole nitrogens is 1. The molecule has 0 radical (unpaired) electrons. The van der Waals surface area contributed by atoms with Gasteiger partial charge in [0.15, 0.2) is 5.82 Å². The first-order chi connectivity index (χ1) is 13.7. The zero-order valence-electron chi connectivity index (χ0n) is 16.0. The van der Waals surface area contributed by atoms with Crippen LogP contribution in [0.25, 0.3) is 22.4 Å². The fourth-order valence-electron chi connectivity index (χ4n) is 4.85. The second kappa shape index (κ2) is 6.61. The quantitative estimate of drug-likeness (QED) is 0.684. The van der Waals surface area contributed by atoms with Gasteiger partial charge in [0.25, 0.3) is 0 Å². The molecule has 3 aromatic rings. The molecule has 2 fully saturated rings. The highest BCUT2D eigenvalue weighted by atomic mass is 16.3. The molecule has 8 nitrogen and oxygen atoms in total. The summed E-state index contributed by atoms with van der Waals surface area (Å²) in [4.78, 5) is 26.7. The average Bonchev–Trinajstić information content (AvgIpc) is 3.36. The monoisotopic (exact) mass is 377 g/mol. The molecule has 0 atom stereocenters. The predicted molar refractivity (Wildman–Crippen MR) is 107 cm³/mol. The van der Waals surface area contributed by atoms with Gasteiger partial charge in [-0.25, -0.2) is 15.0 Å². The number of hydrogen-bond acceptors (Lipinski definition) is 7. The molecule has 1 N–H and O–H groups in total. The summed E-state index contributed by atoms with van der Waals surface area (Å²) in [6, 6.07) is 1.83. The maximum Gasteiger partial charge on any atom is 0.202 e. The Morgan fingerprint density at radius 2 is 1.93 bits per heavy atom. The molecule has 1 saturated carbocycles. The summed E-state index contributed by atoms with van der Waals surface area (Å²) >= 11 is 0. The largest absolute Gasteiger partial charge is 0.355 e. The maximum atomic E-state index is 11.0. The van der Waals surface area contributed by atoms with Crippen LogP contribution in [0.3, 0.4) is 0 Å². The van der Waals surface area contributed by atoms with Gasteiger partial charge >= 0.3 is 0 Å². The van der Waals surface area contributed by atoms with Gasteiger partial charge in [-0.05, 0) is 49.3 Å². The minimum atomic E-state index is 0.180. The molecule has 2 aliphatic rings. The van der Waals surface area contributed by atoms with Gasteiger partial charge in [-0.1, -0.05) is 12.8 Å². The number of pyridine rings is 1. The SMILES string of the molecule is Cc1c(-c2[nH]nc3nc(N4CCC5(CCCC5)CC4)cnc23)ccnc1N=O. The van der Waals surface area contributed by atoms with Crippen molar-refractivity contribution >= 4 is 22.8 Å². The van der Waals surface area contributed by atoms with Crippen LogP contribution in [0.5, 0.6) is 0 Å². The first kappa shape index (κ1) is 17.2. The summed E-state index contributed by atoms with van der Waals surface area (Å²) in [6.45, 7) is 3.89. The van der Waals surface area contributed by atoms with Crippen LogP contribution < -0.4 is 4.90 Å². The Morgan fingerprint density at radius 3 is 2.68 bits per heavy atom. The third kappa shape index (κ3) is 2.75. The van der Waals surface area contributed by atoms with Gasteiger partial charge in [0.05, 0.1) is 11.9 Å². The van der Waals surface area contributed by atoms with E-state index in [1.165, 1.54) is 38.5 Å². The van der Waals surface area contributed by atoms with Gasteiger partial charge < -0.3 is 4.90 Å². The van der Waals surface area contributed by atoms with E-state index in [9.17, 15) is 4.91 Å². The van der Waals surface area contributed by atoms with Crippen molar-refractivity contribution < 1.29 is 0 Å². The Balaban J connectivity index is 1.44. The van der Waals surface area contributed by atoms with E-state index in [0.29, 0.717) is 22.1 Å². The molecule has 0 amide bonds. The Kier molecular flexibility index (Phi) is 4.07. The molecule has 4 heterocycles. The summed E-state index contributed by atoms with van der Waals surface area (Å²) in [5.41, 5.74) is 4.12. The normalized spacial score (nSPS) is 18.8. The number of aromatic amines is 1. The van der Waals surface area contributed by atoms with E-state index in [1.807, 2.05) is 19.2 Å². The summed E-state index contributed by atoms with van der Waals surface area (Å²) in [6.07, 6.45) is 11.4. The fourth-order valence-corrected chi connectivity index (χ4v) is 4.85. The molecule has 0 unspecified atom stereocenters. The smallest absolute Gasteiger partial charge is 0.202 e. The molecule has 5 rings (SSSR count). The standard InChI is InChI=1S/C20H23N7O/c1-13-14(4-9-21-18(13)26-28)16-17-19(25-24-16)23-15(12-22-17)27-10-7-20(8-11-27)5-2-3-6-20/h4,9,12H,2-3,5-8,10-11H2,1H3,(H,23,24,25). The Morgan fingerprint density at radius 1 is 1.14 bits per heavy atom.